The third-order valence-corrected chi connectivity index (χ3v) is 2.76. The van der Waals surface area contributed by atoms with Crippen molar-refractivity contribution in [2.75, 3.05) is 5.32 Å². The summed E-state index contributed by atoms with van der Waals surface area (Å²) < 4.78 is 0. The number of hydrogen-bond donors (Lipinski definition) is 3. The Morgan fingerprint density at radius 3 is 2.78 bits per heavy atom. The van der Waals surface area contributed by atoms with Gasteiger partial charge in [-0.1, -0.05) is 26.8 Å². The third-order valence-electron chi connectivity index (χ3n) is 2.76. The largest absolute Gasteiger partial charge is 0.508 e. The molecular weight excluding hydrogens is 226 g/mol. The Morgan fingerprint density at radius 1 is 1.33 bits per heavy atom. The van der Waals surface area contributed by atoms with E-state index in [9.17, 15) is 5.11 Å². The molecule has 2 rings (SSSR count). The molecule has 0 amide bonds. The Labute approximate surface area is 107 Å². The highest BCUT2D eigenvalue weighted by molar-refractivity contribution is 5.48. The number of rotatable bonds is 3. The number of phenolic OH excluding ortho intramolecular Hbond substituents is 1. The average Bonchev–Trinajstić information content (AvgIpc) is 2.74. The van der Waals surface area contributed by atoms with Crippen LogP contribution in [0.4, 0.5) is 5.69 Å². The summed E-state index contributed by atoms with van der Waals surface area (Å²) in [4.78, 5) is 0. The Kier molecular flexibility index (Phi) is 3.28. The van der Waals surface area contributed by atoms with Gasteiger partial charge in [-0.3, -0.25) is 5.10 Å². The number of nitrogens with zero attached hydrogens (tertiary/aromatic N) is 1. The fraction of sp³-hybridized carbons (Fsp3) is 0.357. The molecule has 0 aliphatic carbocycles. The van der Waals surface area contributed by atoms with Crippen molar-refractivity contribution in [3.8, 4) is 5.75 Å². The lowest BCUT2D eigenvalue weighted by molar-refractivity contribution is 0.475. The summed E-state index contributed by atoms with van der Waals surface area (Å²) in [6.07, 6.45) is 1.91. The fourth-order valence-electron chi connectivity index (χ4n) is 1.91. The lowest BCUT2D eigenvalue weighted by Gasteiger charge is -2.17. The van der Waals surface area contributed by atoms with Gasteiger partial charge in [0.15, 0.2) is 0 Å². The van der Waals surface area contributed by atoms with E-state index < -0.39 is 0 Å². The van der Waals surface area contributed by atoms with Crippen LogP contribution in [-0.2, 0) is 12.0 Å². The number of nitrogens with one attached hydrogen (secondary N) is 2. The number of aromatic amines is 1. The van der Waals surface area contributed by atoms with E-state index in [1.807, 2.05) is 18.3 Å². The van der Waals surface area contributed by atoms with Gasteiger partial charge in [0.2, 0.25) is 0 Å². The Balaban J connectivity index is 2.09. The second-order valence-corrected chi connectivity index (χ2v) is 5.41. The first kappa shape index (κ1) is 12.5. The zero-order chi connectivity index (χ0) is 13.2. The number of aromatic nitrogens is 2. The van der Waals surface area contributed by atoms with Crippen molar-refractivity contribution in [2.24, 2.45) is 0 Å². The number of aromatic hydroxyl groups is 1. The van der Waals surface area contributed by atoms with Gasteiger partial charge >= 0.3 is 0 Å². The molecule has 0 aliphatic heterocycles. The van der Waals surface area contributed by atoms with E-state index in [1.54, 1.807) is 12.1 Å². The molecule has 0 aliphatic rings. The molecule has 4 heteroatoms. The molecule has 0 radical (unpaired) electrons. The number of phenols is 1. The molecular formula is C14H19N3O. The van der Waals surface area contributed by atoms with Crippen LogP contribution in [0.3, 0.4) is 0 Å². The Morgan fingerprint density at radius 2 is 2.11 bits per heavy atom. The summed E-state index contributed by atoms with van der Waals surface area (Å²) in [5.74, 6) is 0.267. The minimum Gasteiger partial charge on any atom is -0.508 e. The van der Waals surface area contributed by atoms with E-state index in [2.05, 4.69) is 36.3 Å². The van der Waals surface area contributed by atoms with E-state index in [1.165, 1.54) is 0 Å². The standard InChI is InChI=1S/C14H19N3O/c1-14(2,3)13-10(9-16-17-13)8-15-11-5-4-6-12(18)7-11/h4-7,9,15,18H,8H2,1-3H3,(H,16,17). The van der Waals surface area contributed by atoms with Gasteiger partial charge in [-0.15, -0.1) is 0 Å². The molecule has 18 heavy (non-hydrogen) atoms. The van der Waals surface area contributed by atoms with Crippen molar-refractivity contribution in [2.45, 2.75) is 32.7 Å². The predicted molar refractivity (Wildman–Crippen MR) is 72.7 cm³/mol. The van der Waals surface area contributed by atoms with Crippen LogP contribution in [-0.4, -0.2) is 15.3 Å². The number of benzene rings is 1. The first-order valence-corrected chi connectivity index (χ1v) is 6.03. The van der Waals surface area contributed by atoms with E-state index in [0.29, 0.717) is 6.54 Å². The summed E-state index contributed by atoms with van der Waals surface area (Å²) in [5.41, 5.74) is 3.13. The third kappa shape index (κ3) is 2.83. The van der Waals surface area contributed by atoms with Crippen LogP contribution in [0.1, 0.15) is 32.0 Å². The van der Waals surface area contributed by atoms with Crippen molar-refractivity contribution in [3.05, 3.63) is 41.7 Å². The fourth-order valence-corrected chi connectivity index (χ4v) is 1.91. The van der Waals surface area contributed by atoms with E-state index in [4.69, 9.17) is 0 Å². The van der Waals surface area contributed by atoms with E-state index >= 15 is 0 Å². The zero-order valence-corrected chi connectivity index (χ0v) is 11.0. The highest BCUT2D eigenvalue weighted by atomic mass is 16.3. The zero-order valence-electron chi connectivity index (χ0n) is 11.0. The maximum absolute atomic E-state index is 9.40. The number of H-pyrrole nitrogens is 1. The highest BCUT2D eigenvalue weighted by Gasteiger charge is 2.20. The SMILES string of the molecule is CC(C)(C)c1n[nH]cc1CNc1cccc(O)c1. The van der Waals surface area contributed by atoms with Gasteiger partial charge in [-0.2, -0.15) is 5.10 Å². The van der Waals surface area contributed by atoms with Crippen LogP contribution >= 0.6 is 0 Å². The minimum atomic E-state index is 0.0237. The molecule has 0 atom stereocenters. The van der Waals surface area contributed by atoms with E-state index in [-0.39, 0.29) is 11.2 Å². The Hall–Kier alpha value is -1.97. The highest BCUT2D eigenvalue weighted by Crippen LogP contribution is 2.24. The Bertz CT molecular complexity index is 526. The average molecular weight is 245 g/mol. The molecule has 4 nitrogen and oxygen atoms in total. The van der Waals surface area contributed by atoms with Gasteiger partial charge < -0.3 is 10.4 Å². The molecule has 1 aromatic carbocycles. The molecule has 1 aromatic heterocycles. The van der Waals surface area contributed by atoms with Crippen molar-refractivity contribution in [1.29, 1.82) is 0 Å². The quantitative estimate of drug-likeness (QED) is 0.779. The molecule has 0 fully saturated rings. The second kappa shape index (κ2) is 4.72. The van der Waals surface area contributed by atoms with Gasteiger partial charge in [-0.25, -0.2) is 0 Å². The smallest absolute Gasteiger partial charge is 0.117 e. The van der Waals surface area contributed by atoms with Crippen LogP contribution in [0.25, 0.3) is 0 Å². The normalized spacial score (nSPS) is 11.5. The van der Waals surface area contributed by atoms with Gasteiger partial charge in [0.05, 0.1) is 5.69 Å². The van der Waals surface area contributed by atoms with Crippen LogP contribution in [0.5, 0.6) is 5.75 Å². The van der Waals surface area contributed by atoms with E-state index in [0.717, 1.165) is 16.9 Å². The molecule has 0 bridgehead atoms. The van der Waals surface area contributed by atoms with Crippen molar-refractivity contribution < 1.29 is 5.11 Å². The first-order chi connectivity index (χ1) is 8.47. The van der Waals surface area contributed by atoms with Gasteiger partial charge in [0, 0.05) is 35.5 Å². The van der Waals surface area contributed by atoms with Gasteiger partial charge in [0.1, 0.15) is 5.75 Å². The number of anilines is 1. The predicted octanol–water partition coefficient (Wildman–Crippen LogP) is 3.02. The molecule has 96 valence electrons. The lowest BCUT2D eigenvalue weighted by atomic mass is 9.89. The van der Waals surface area contributed by atoms with Crippen molar-refractivity contribution in [1.82, 2.24) is 10.2 Å². The monoisotopic (exact) mass is 245 g/mol. The minimum absolute atomic E-state index is 0.0237. The summed E-state index contributed by atoms with van der Waals surface area (Å²) in [6.45, 7) is 7.11. The van der Waals surface area contributed by atoms with Gasteiger partial charge in [-0.05, 0) is 12.1 Å². The van der Waals surface area contributed by atoms with Crippen molar-refractivity contribution >= 4 is 5.69 Å². The molecule has 0 saturated heterocycles. The maximum atomic E-state index is 9.40. The summed E-state index contributed by atoms with van der Waals surface area (Å²) >= 11 is 0. The molecule has 0 unspecified atom stereocenters. The molecule has 1 heterocycles. The van der Waals surface area contributed by atoms with Crippen LogP contribution in [0.15, 0.2) is 30.5 Å². The number of hydrogen-bond acceptors (Lipinski definition) is 3. The molecule has 0 spiro atoms. The topological polar surface area (TPSA) is 60.9 Å². The summed E-state index contributed by atoms with van der Waals surface area (Å²) in [5, 5.41) is 19.9. The maximum Gasteiger partial charge on any atom is 0.117 e. The van der Waals surface area contributed by atoms with Crippen LogP contribution in [0, 0.1) is 0 Å². The van der Waals surface area contributed by atoms with Crippen molar-refractivity contribution in [3.63, 3.8) is 0 Å². The van der Waals surface area contributed by atoms with Gasteiger partial charge in [0.25, 0.3) is 0 Å². The van der Waals surface area contributed by atoms with Crippen LogP contribution in [0.2, 0.25) is 0 Å². The molecule has 2 aromatic rings. The molecule has 0 saturated carbocycles. The van der Waals surface area contributed by atoms with Crippen LogP contribution < -0.4 is 5.32 Å². The lowest BCUT2D eigenvalue weighted by Crippen LogP contribution is -2.15. The summed E-state index contributed by atoms with van der Waals surface area (Å²) in [6, 6.07) is 7.11. The second-order valence-electron chi connectivity index (χ2n) is 5.41. The summed E-state index contributed by atoms with van der Waals surface area (Å²) in [7, 11) is 0. The molecule has 3 N–H and O–H groups in total. The first-order valence-electron chi connectivity index (χ1n) is 6.03.